The zero-order valence-electron chi connectivity index (χ0n) is 13.1. The van der Waals surface area contributed by atoms with Crippen LogP contribution >= 0.6 is 7.60 Å². The van der Waals surface area contributed by atoms with Gasteiger partial charge in [0.2, 0.25) is 5.91 Å². The minimum Gasteiger partial charge on any atom is -0.323 e. The predicted octanol–water partition coefficient (Wildman–Crippen LogP) is 2.78. The molecule has 0 aromatic carbocycles. The molecule has 0 spiro atoms. The van der Waals surface area contributed by atoms with Crippen molar-refractivity contribution in [2.24, 2.45) is 0 Å². The van der Waals surface area contributed by atoms with Gasteiger partial charge in [-0.05, 0) is 39.2 Å². The summed E-state index contributed by atoms with van der Waals surface area (Å²) in [4.78, 5) is 23.3. The lowest BCUT2D eigenvalue weighted by Gasteiger charge is -2.29. The molecule has 120 valence electrons. The van der Waals surface area contributed by atoms with Crippen LogP contribution in [-0.2, 0) is 23.2 Å². The van der Waals surface area contributed by atoms with Crippen LogP contribution in [0.2, 0.25) is 0 Å². The molecule has 0 saturated carbocycles. The number of nitrogens with one attached hydrogen (secondary N) is 1. The molecule has 0 fully saturated rings. The lowest BCUT2D eigenvalue weighted by Crippen LogP contribution is -2.31. The van der Waals surface area contributed by atoms with Crippen LogP contribution in [0.1, 0.15) is 47.0 Å². The zero-order valence-corrected chi connectivity index (χ0v) is 14.0. The number of rotatable bonds is 7. The summed E-state index contributed by atoms with van der Waals surface area (Å²) in [5.41, 5.74) is 0.371. The molecule has 0 heterocycles. The molecule has 0 aliphatic heterocycles. The van der Waals surface area contributed by atoms with Gasteiger partial charge >= 0.3 is 7.60 Å². The number of amides is 1. The van der Waals surface area contributed by atoms with Crippen molar-refractivity contribution in [1.82, 2.24) is 5.32 Å². The van der Waals surface area contributed by atoms with E-state index in [1.807, 2.05) is 0 Å². The summed E-state index contributed by atoms with van der Waals surface area (Å²) in [6.45, 7) is 7.08. The maximum atomic E-state index is 12.8. The fourth-order valence-corrected chi connectivity index (χ4v) is 4.31. The number of carbonyl (C=O) groups is 2. The Morgan fingerprint density at radius 2 is 1.86 bits per heavy atom. The lowest BCUT2D eigenvalue weighted by atomic mass is 9.93. The first-order valence-electron chi connectivity index (χ1n) is 7.28. The van der Waals surface area contributed by atoms with Crippen molar-refractivity contribution in [3.63, 3.8) is 0 Å². The van der Waals surface area contributed by atoms with Crippen LogP contribution in [0.5, 0.6) is 0 Å². The number of ketones is 1. The molecule has 1 unspecified atom stereocenters. The van der Waals surface area contributed by atoms with E-state index in [1.165, 1.54) is 6.92 Å². The molecule has 1 N–H and O–H groups in total. The quantitative estimate of drug-likeness (QED) is 0.730. The Labute approximate surface area is 125 Å². The van der Waals surface area contributed by atoms with Gasteiger partial charge in [-0.1, -0.05) is 0 Å². The molecule has 0 radical (unpaired) electrons. The van der Waals surface area contributed by atoms with Gasteiger partial charge in [0, 0.05) is 13.3 Å². The second-order valence-electron chi connectivity index (χ2n) is 4.91. The van der Waals surface area contributed by atoms with Gasteiger partial charge < -0.3 is 14.4 Å². The molecule has 1 aliphatic carbocycles. The van der Waals surface area contributed by atoms with Gasteiger partial charge in [-0.3, -0.25) is 14.2 Å². The van der Waals surface area contributed by atoms with E-state index in [9.17, 15) is 14.2 Å². The number of allylic oxidation sites excluding steroid dienone is 2. The lowest BCUT2D eigenvalue weighted by molar-refractivity contribution is -0.122. The van der Waals surface area contributed by atoms with E-state index in [2.05, 4.69) is 5.32 Å². The Balaban J connectivity index is 3.19. The smallest absolute Gasteiger partial charge is 0.323 e. The van der Waals surface area contributed by atoms with E-state index in [0.29, 0.717) is 24.8 Å². The molecule has 1 rings (SSSR count). The molecule has 1 amide bonds. The molecule has 1 atom stereocenters. The molecule has 0 saturated heterocycles. The molecule has 7 heteroatoms. The number of hydrogen-bond donors (Lipinski definition) is 1. The van der Waals surface area contributed by atoms with Crippen LogP contribution in [0, 0.1) is 0 Å². The normalized spacial score (nSPS) is 17.8. The van der Waals surface area contributed by atoms with Crippen molar-refractivity contribution in [3.05, 3.63) is 11.3 Å². The minimum absolute atomic E-state index is 0.127. The van der Waals surface area contributed by atoms with Crippen LogP contribution in [0.4, 0.5) is 0 Å². The molecule has 0 aromatic heterocycles. The molecule has 6 nitrogen and oxygen atoms in total. The third-order valence-electron chi connectivity index (χ3n) is 3.35. The van der Waals surface area contributed by atoms with E-state index in [0.717, 1.165) is 0 Å². The second kappa shape index (κ2) is 7.87. The average Bonchev–Trinajstić information content (AvgIpc) is 2.40. The topological polar surface area (TPSA) is 81.7 Å². The van der Waals surface area contributed by atoms with Crippen LogP contribution in [-0.4, -0.2) is 30.6 Å². The summed E-state index contributed by atoms with van der Waals surface area (Å²) < 4.78 is 23.5. The Kier molecular flexibility index (Phi) is 6.78. The van der Waals surface area contributed by atoms with Gasteiger partial charge in [0.15, 0.2) is 5.78 Å². The summed E-state index contributed by atoms with van der Waals surface area (Å²) in [7, 11) is -3.35. The highest BCUT2D eigenvalue weighted by atomic mass is 31.2. The Bertz CT molecular complexity index is 476. The highest BCUT2D eigenvalue weighted by Crippen LogP contribution is 2.56. The van der Waals surface area contributed by atoms with Gasteiger partial charge in [0.05, 0.1) is 24.6 Å². The van der Waals surface area contributed by atoms with Crippen molar-refractivity contribution in [2.45, 2.75) is 52.6 Å². The molecule has 0 aromatic rings. The standard InChI is InChI=1S/C14H24NO5P/c1-5-19-21(18,20-6-2)10(3)12-8-7-9-13(17)14(12)15-11(4)16/h10H,5-9H2,1-4H3,(H,15,16). The second-order valence-corrected chi connectivity index (χ2v) is 7.28. The van der Waals surface area contributed by atoms with Crippen molar-refractivity contribution in [3.8, 4) is 0 Å². The molecule has 1 aliphatic rings. The largest absolute Gasteiger partial charge is 0.337 e. The van der Waals surface area contributed by atoms with Crippen molar-refractivity contribution >= 4 is 19.3 Å². The van der Waals surface area contributed by atoms with Crippen molar-refractivity contribution in [2.75, 3.05) is 13.2 Å². The maximum absolute atomic E-state index is 12.8. The van der Waals surface area contributed by atoms with Crippen LogP contribution < -0.4 is 5.32 Å². The Morgan fingerprint density at radius 3 is 2.33 bits per heavy atom. The van der Waals surface area contributed by atoms with Gasteiger partial charge in [0.25, 0.3) is 0 Å². The van der Waals surface area contributed by atoms with Gasteiger partial charge in [-0.2, -0.15) is 0 Å². The third-order valence-corrected chi connectivity index (χ3v) is 5.84. The van der Waals surface area contributed by atoms with Crippen LogP contribution in [0.3, 0.4) is 0 Å². The van der Waals surface area contributed by atoms with Gasteiger partial charge in [-0.25, -0.2) is 0 Å². The van der Waals surface area contributed by atoms with Crippen molar-refractivity contribution in [1.29, 1.82) is 0 Å². The first-order valence-corrected chi connectivity index (χ1v) is 8.89. The molecule has 0 bridgehead atoms. The van der Waals surface area contributed by atoms with E-state index in [1.54, 1.807) is 20.8 Å². The minimum atomic E-state index is -3.35. The summed E-state index contributed by atoms with van der Waals surface area (Å²) in [6.07, 6.45) is 1.67. The predicted molar refractivity (Wildman–Crippen MR) is 80.0 cm³/mol. The SMILES string of the molecule is CCOP(=O)(OCC)C(C)C1=C(NC(C)=O)C(=O)CCC1. The zero-order chi connectivity index (χ0) is 16.0. The van der Waals surface area contributed by atoms with Gasteiger partial charge in [0.1, 0.15) is 0 Å². The maximum Gasteiger partial charge on any atom is 0.337 e. The van der Waals surface area contributed by atoms with Crippen molar-refractivity contribution < 1.29 is 23.2 Å². The first kappa shape index (κ1) is 18.1. The summed E-state index contributed by atoms with van der Waals surface area (Å²) >= 11 is 0. The third kappa shape index (κ3) is 4.50. The molecular weight excluding hydrogens is 293 g/mol. The Morgan fingerprint density at radius 1 is 1.29 bits per heavy atom. The first-order chi connectivity index (χ1) is 9.85. The number of carbonyl (C=O) groups excluding carboxylic acids is 2. The highest BCUT2D eigenvalue weighted by molar-refractivity contribution is 7.54. The highest BCUT2D eigenvalue weighted by Gasteiger charge is 2.38. The monoisotopic (exact) mass is 317 g/mol. The van der Waals surface area contributed by atoms with Gasteiger partial charge in [-0.15, -0.1) is 0 Å². The van der Waals surface area contributed by atoms with Crippen LogP contribution in [0.25, 0.3) is 0 Å². The molecular formula is C14H24NO5P. The number of hydrogen-bond acceptors (Lipinski definition) is 5. The fraction of sp³-hybridized carbons (Fsp3) is 0.714. The number of Topliss-reactive ketones (excluding diaryl/α,β-unsaturated/α-hetero) is 1. The van der Waals surface area contributed by atoms with E-state index in [4.69, 9.17) is 9.05 Å². The molecule has 21 heavy (non-hydrogen) atoms. The van der Waals surface area contributed by atoms with E-state index < -0.39 is 13.3 Å². The fourth-order valence-electron chi connectivity index (χ4n) is 2.42. The average molecular weight is 317 g/mol. The summed E-state index contributed by atoms with van der Waals surface area (Å²) in [6, 6.07) is 0. The summed E-state index contributed by atoms with van der Waals surface area (Å²) in [5.74, 6) is -0.439. The van der Waals surface area contributed by atoms with E-state index >= 15 is 0 Å². The Hall–Kier alpha value is -0.970. The summed E-state index contributed by atoms with van der Waals surface area (Å²) in [5, 5.41) is 2.58. The van der Waals surface area contributed by atoms with Crippen LogP contribution in [0.15, 0.2) is 11.3 Å². The van der Waals surface area contributed by atoms with E-state index in [-0.39, 0.29) is 30.6 Å².